The molecule has 0 aliphatic carbocycles. The van der Waals surface area contributed by atoms with E-state index in [9.17, 15) is 14.7 Å². The lowest BCUT2D eigenvalue weighted by molar-refractivity contribution is -0.133. The summed E-state index contributed by atoms with van der Waals surface area (Å²) in [6.45, 7) is 7.07. The Morgan fingerprint density at radius 1 is 1.04 bits per heavy atom. The fourth-order valence-corrected chi connectivity index (χ4v) is 2.92. The number of para-hydroxylation sites is 1. The highest BCUT2D eigenvalue weighted by Gasteiger charge is 2.22. The summed E-state index contributed by atoms with van der Waals surface area (Å²) < 4.78 is 4.72. The van der Waals surface area contributed by atoms with E-state index in [0.29, 0.717) is 31.5 Å². The molecule has 28 heavy (non-hydrogen) atoms. The fourth-order valence-electron chi connectivity index (χ4n) is 2.92. The molecular weight excluding hydrogens is 354 g/mol. The molecule has 2 aromatic rings. The molecule has 5 heteroatoms. The summed E-state index contributed by atoms with van der Waals surface area (Å²) in [7, 11) is 1.35. The third-order valence-electron chi connectivity index (χ3n) is 4.43. The standard InChI is InChI=1S/C23H29NO4/c1-23(2,3)15-21(26)24(14-13-18-7-5-6-8-20(18)25)16-17-9-11-19(12-10-17)22(27)28-4/h5-12,25H,13-16H2,1-4H3. The highest BCUT2D eigenvalue weighted by Crippen LogP contribution is 2.22. The second-order valence-corrected chi connectivity index (χ2v) is 8.12. The predicted molar refractivity (Wildman–Crippen MR) is 109 cm³/mol. The van der Waals surface area contributed by atoms with Crippen molar-refractivity contribution in [2.24, 2.45) is 5.41 Å². The minimum Gasteiger partial charge on any atom is -0.508 e. The summed E-state index contributed by atoms with van der Waals surface area (Å²) in [6, 6.07) is 14.3. The highest BCUT2D eigenvalue weighted by atomic mass is 16.5. The SMILES string of the molecule is COC(=O)c1ccc(CN(CCc2ccccc2O)C(=O)CC(C)(C)C)cc1. The molecule has 0 unspecified atom stereocenters. The first kappa shape index (κ1) is 21.5. The third kappa shape index (κ3) is 6.41. The Kier molecular flexibility index (Phi) is 7.21. The van der Waals surface area contributed by atoms with Crippen molar-refractivity contribution in [2.75, 3.05) is 13.7 Å². The molecule has 0 radical (unpaired) electrons. The number of nitrogens with zero attached hydrogens (tertiary/aromatic N) is 1. The van der Waals surface area contributed by atoms with E-state index in [1.165, 1.54) is 7.11 Å². The summed E-state index contributed by atoms with van der Waals surface area (Å²) in [5, 5.41) is 10.00. The number of rotatable bonds is 7. The van der Waals surface area contributed by atoms with Crippen molar-refractivity contribution in [3.8, 4) is 5.75 Å². The Bertz CT molecular complexity index is 806. The topological polar surface area (TPSA) is 66.8 Å². The van der Waals surface area contributed by atoms with Gasteiger partial charge in [-0.05, 0) is 41.2 Å². The molecule has 0 saturated carbocycles. The first-order chi connectivity index (χ1) is 13.2. The summed E-state index contributed by atoms with van der Waals surface area (Å²) in [5.74, 6) is -0.0696. The minimum absolute atomic E-state index is 0.0694. The molecule has 0 spiro atoms. The van der Waals surface area contributed by atoms with Gasteiger partial charge in [-0.2, -0.15) is 0 Å². The van der Waals surface area contributed by atoms with Crippen LogP contribution in [0.4, 0.5) is 0 Å². The summed E-state index contributed by atoms with van der Waals surface area (Å²) in [5.41, 5.74) is 2.12. The van der Waals surface area contributed by atoms with Gasteiger partial charge in [0.25, 0.3) is 0 Å². The van der Waals surface area contributed by atoms with Crippen molar-refractivity contribution in [3.05, 3.63) is 65.2 Å². The Morgan fingerprint density at radius 2 is 1.68 bits per heavy atom. The van der Waals surface area contributed by atoms with Crippen molar-refractivity contribution in [1.82, 2.24) is 4.90 Å². The van der Waals surface area contributed by atoms with E-state index < -0.39 is 0 Å². The third-order valence-corrected chi connectivity index (χ3v) is 4.43. The van der Waals surface area contributed by atoms with Crippen LogP contribution < -0.4 is 0 Å². The van der Waals surface area contributed by atoms with Crippen LogP contribution in [0.15, 0.2) is 48.5 Å². The molecule has 2 rings (SSSR count). The molecule has 5 nitrogen and oxygen atoms in total. The zero-order valence-electron chi connectivity index (χ0n) is 17.1. The van der Waals surface area contributed by atoms with Crippen molar-refractivity contribution >= 4 is 11.9 Å². The van der Waals surface area contributed by atoms with Crippen LogP contribution >= 0.6 is 0 Å². The van der Waals surface area contributed by atoms with E-state index in [2.05, 4.69) is 0 Å². The molecule has 1 N–H and O–H groups in total. The Hall–Kier alpha value is -2.82. The van der Waals surface area contributed by atoms with Gasteiger partial charge >= 0.3 is 5.97 Å². The number of aromatic hydroxyl groups is 1. The van der Waals surface area contributed by atoms with Crippen LogP contribution in [0.1, 0.15) is 48.7 Å². The number of ether oxygens (including phenoxy) is 1. The highest BCUT2D eigenvalue weighted by molar-refractivity contribution is 5.89. The van der Waals surface area contributed by atoms with Gasteiger partial charge in [0, 0.05) is 19.5 Å². The zero-order chi connectivity index (χ0) is 20.7. The van der Waals surface area contributed by atoms with Gasteiger partial charge in [0.05, 0.1) is 12.7 Å². The first-order valence-electron chi connectivity index (χ1n) is 9.41. The van der Waals surface area contributed by atoms with E-state index in [1.54, 1.807) is 24.3 Å². The van der Waals surface area contributed by atoms with Gasteiger partial charge in [-0.1, -0.05) is 51.1 Å². The molecule has 2 aromatic carbocycles. The number of amides is 1. The van der Waals surface area contributed by atoms with E-state index in [4.69, 9.17) is 4.74 Å². The maximum atomic E-state index is 12.9. The van der Waals surface area contributed by atoms with Gasteiger partial charge in [-0.25, -0.2) is 4.79 Å². The van der Waals surface area contributed by atoms with Crippen molar-refractivity contribution < 1.29 is 19.4 Å². The molecule has 0 fully saturated rings. The maximum Gasteiger partial charge on any atom is 0.337 e. The lowest BCUT2D eigenvalue weighted by Gasteiger charge is -2.27. The predicted octanol–water partition coefficient (Wildman–Crippen LogP) is 4.19. The van der Waals surface area contributed by atoms with E-state index in [-0.39, 0.29) is 23.0 Å². The average molecular weight is 383 g/mol. The molecule has 1 amide bonds. The number of phenols is 1. The number of carbonyl (C=O) groups excluding carboxylic acids is 2. The number of benzene rings is 2. The van der Waals surface area contributed by atoms with E-state index in [0.717, 1.165) is 11.1 Å². The van der Waals surface area contributed by atoms with Crippen LogP contribution in [0.5, 0.6) is 5.75 Å². The number of hydrogen-bond acceptors (Lipinski definition) is 4. The van der Waals surface area contributed by atoms with E-state index >= 15 is 0 Å². The number of hydrogen-bond donors (Lipinski definition) is 1. The molecule has 150 valence electrons. The molecule has 0 bridgehead atoms. The molecule has 0 heterocycles. The lowest BCUT2D eigenvalue weighted by Crippen LogP contribution is -2.34. The van der Waals surface area contributed by atoms with E-state index in [1.807, 2.05) is 49.9 Å². The van der Waals surface area contributed by atoms with Gasteiger partial charge in [0.2, 0.25) is 5.91 Å². The van der Waals surface area contributed by atoms with Crippen molar-refractivity contribution in [2.45, 2.75) is 40.2 Å². The number of esters is 1. The molecule has 0 aliphatic heterocycles. The van der Waals surface area contributed by atoms with Crippen LogP contribution in [-0.2, 0) is 22.5 Å². The summed E-state index contributed by atoms with van der Waals surface area (Å²) in [6.07, 6.45) is 1.01. The van der Waals surface area contributed by atoms with Gasteiger partial charge in [0.1, 0.15) is 5.75 Å². The minimum atomic E-state index is -0.383. The lowest BCUT2D eigenvalue weighted by atomic mass is 9.91. The molecule has 0 saturated heterocycles. The molecule has 0 atom stereocenters. The van der Waals surface area contributed by atoms with Gasteiger partial charge in [-0.3, -0.25) is 4.79 Å². The van der Waals surface area contributed by atoms with Gasteiger partial charge in [-0.15, -0.1) is 0 Å². The average Bonchev–Trinajstić information content (AvgIpc) is 2.64. The van der Waals surface area contributed by atoms with Crippen LogP contribution in [0.2, 0.25) is 0 Å². The zero-order valence-corrected chi connectivity index (χ0v) is 17.1. The second kappa shape index (κ2) is 9.40. The number of carbonyl (C=O) groups is 2. The van der Waals surface area contributed by atoms with Crippen molar-refractivity contribution in [3.63, 3.8) is 0 Å². The van der Waals surface area contributed by atoms with Gasteiger partial charge in [0.15, 0.2) is 0 Å². The quantitative estimate of drug-likeness (QED) is 0.728. The Morgan fingerprint density at radius 3 is 2.25 bits per heavy atom. The summed E-state index contributed by atoms with van der Waals surface area (Å²) in [4.78, 5) is 26.3. The molecular formula is C23H29NO4. The Labute approximate surface area is 166 Å². The van der Waals surface area contributed by atoms with Crippen LogP contribution in [0.25, 0.3) is 0 Å². The molecule has 0 aromatic heterocycles. The normalized spacial score (nSPS) is 11.1. The smallest absolute Gasteiger partial charge is 0.337 e. The second-order valence-electron chi connectivity index (χ2n) is 8.12. The summed E-state index contributed by atoms with van der Waals surface area (Å²) >= 11 is 0. The Balaban J connectivity index is 2.14. The van der Waals surface area contributed by atoms with Crippen molar-refractivity contribution in [1.29, 1.82) is 0 Å². The van der Waals surface area contributed by atoms with Gasteiger partial charge < -0.3 is 14.7 Å². The largest absolute Gasteiger partial charge is 0.508 e. The van der Waals surface area contributed by atoms with Crippen LogP contribution in [0.3, 0.4) is 0 Å². The fraction of sp³-hybridized carbons (Fsp3) is 0.391. The maximum absolute atomic E-state index is 12.9. The first-order valence-corrected chi connectivity index (χ1v) is 9.41. The monoisotopic (exact) mass is 383 g/mol. The number of phenolic OH excluding ortho intramolecular Hbond substituents is 1. The number of methoxy groups -OCH3 is 1. The molecule has 0 aliphatic rings. The van der Waals surface area contributed by atoms with Crippen LogP contribution in [-0.4, -0.2) is 35.5 Å². The van der Waals surface area contributed by atoms with Crippen LogP contribution in [0, 0.1) is 5.41 Å².